The van der Waals surface area contributed by atoms with E-state index in [-0.39, 0.29) is 18.9 Å². The van der Waals surface area contributed by atoms with Crippen molar-refractivity contribution in [3.05, 3.63) is 35.4 Å². The zero-order valence-corrected chi connectivity index (χ0v) is 12.0. The van der Waals surface area contributed by atoms with Crippen LogP contribution in [0.15, 0.2) is 24.3 Å². The maximum atomic E-state index is 12.9. The first-order valence-corrected chi connectivity index (χ1v) is 7.25. The first-order valence-electron chi connectivity index (χ1n) is 7.25. The summed E-state index contributed by atoms with van der Waals surface area (Å²) >= 11 is 0. The fraction of sp³-hybridized carbons (Fsp3) is 0.625. The highest BCUT2D eigenvalue weighted by Crippen LogP contribution is 2.38. The number of alkyl halides is 3. The Hall–Kier alpha value is -1.03. The van der Waals surface area contributed by atoms with Gasteiger partial charge in [0.05, 0.1) is 5.92 Å². The summed E-state index contributed by atoms with van der Waals surface area (Å²) in [5.74, 6) is -0.630. The molecule has 1 N–H and O–H groups in total. The molecule has 0 amide bonds. The van der Waals surface area contributed by atoms with E-state index in [4.69, 9.17) is 0 Å². The fourth-order valence-corrected chi connectivity index (χ4v) is 2.88. The van der Waals surface area contributed by atoms with Gasteiger partial charge in [0.15, 0.2) is 0 Å². The molecule has 1 aromatic carbocycles. The van der Waals surface area contributed by atoms with Crippen molar-refractivity contribution in [2.24, 2.45) is 11.8 Å². The second-order valence-electron chi connectivity index (χ2n) is 6.11. The Morgan fingerprint density at radius 2 is 2.05 bits per heavy atom. The molecule has 0 aromatic heterocycles. The van der Waals surface area contributed by atoms with Gasteiger partial charge in [-0.2, -0.15) is 13.2 Å². The molecule has 2 atom stereocenters. The number of hydrogen-bond donors (Lipinski definition) is 1. The molecule has 1 saturated heterocycles. The van der Waals surface area contributed by atoms with E-state index in [9.17, 15) is 13.2 Å². The van der Waals surface area contributed by atoms with E-state index in [1.54, 1.807) is 0 Å². The monoisotopic (exact) mass is 285 g/mol. The quantitative estimate of drug-likeness (QED) is 0.863. The summed E-state index contributed by atoms with van der Waals surface area (Å²) in [4.78, 5) is 0. The van der Waals surface area contributed by atoms with Crippen LogP contribution in [-0.2, 0) is 6.42 Å². The first-order chi connectivity index (χ1) is 9.36. The van der Waals surface area contributed by atoms with E-state index in [2.05, 4.69) is 25.2 Å². The number of piperidine rings is 1. The fourth-order valence-electron chi connectivity index (χ4n) is 2.88. The molecule has 1 heterocycles. The topological polar surface area (TPSA) is 12.0 Å². The predicted octanol–water partition coefficient (Wildman–Crippen LogP) is 4.49. The van der Waals surface area contributed by atoms with Crippen LogP contribution in [0.25, 0.3) is 0 Å². The molecule has 1 aliphatic rings. The summed E-state index contributed by atoms with van der Waals surface area (Å²) in [7, 11) is 0. The third-order valence-electron chi connectivity index (χ3n) is 3.86. The van der Waals surface area contributed by atoms with Crippen LogP contribution in [0.2, 0.25) is 0 Å². The van der Waals surface area contributed by atoms with Gasteiger partial charge in [-0.25, -0.2) is 0 Å². The van der Waals surface area contributed by atoms with Crippen LogP contribution in [0.1, 0.15) is 43.9 Å². The van der Waals surface area contributed by atoms with Crippen molar-refractivity contribution < 1.29 is 13.2 Å². The van der Waals surface area contributed by atoms with Crippen molar-refractivity contribution in [2.75, 3.05) is 6.54 Å². The van der Waals surface area contributed by atoms with Crippen LogP contribution >= 0.6 is 0 Å². The number of rotatable bonds is 3. The summed E-state index contributed by atoms with van der Waals surface area (Å²) < 4.78 is 38.6. The lowest BCUT2D eigenvalue weighted by Gasteiger charge is -2.32. The van der Waals surface area contributed by atoms with Gasteiger partial charge < -0.3 is 5.32 Å². The Bertz CT molecular complexity index is 440. The molecule has 0 saturated carbocycles. The SMILES string of the molecule is CC(C)Cc1cccc(C2CC(C(F)(F)F)CCN2)c1. The molecule has 1 aliphatic heterocycles. The molecule has 2 unspecified atom stereocenters. The summed E-state index contributed by atoms with van der Waals surface area (Å²) in [6.45, 7) is 4.72. The lowest BCUT2D eigenvalue weighted by Crippen LogP contribution is -2.38. The van der Waals surface area contributed by atoms with Crippen molar-refractivity contribution in [1.29, 1.82) is 0 Å². The number of benzene rings is 1. The average molecular weight is 285 g/mol. The normalized spacial score (nSPS) is 24.1. The van der Waals surface area contributed by atoms with Gasteiger partial charge in [-0.05, 0) is 42.9 Å². The molecule has 4 heteroatoms. The minimum atomic E-state index is -4.07. The maximum Gasteiger partial charge on any atom is 0.391 e. The van der Waals surface area contributed by atoms with Crippen molar-refractivity contribution >= 4 is 0 Å². The van der Waals surface area contributed by atoms with Crippen molar-refractivity contribution in [2.45, 2.75) is 45.3 Å². The highest BCUT2D eigenvalue weighted by Gasteiger charge is 2.42. The van der Waals surface area contributed by atoms with E-state index < -0.39 is 12.1 Å². The van der Waals surface area contributed by atoms with Gasteiger partial charge in [-0.3, -0.25) is 0 Å². The first kappa shape index (κ1) is 15.4. The zero-order chi connectivity index (χ0) is 14.8. The highest BCUT2D eigenvalue weighted by molar-refractivity contribution is 5.27. The van der Waals surface area contributed by atoms with E-state index in [1.807, 2.05) is 18.2 Å². The van der Waals surface area contributed by atoms with E-state index in [0.29, 0.717) is 12.5 Å². The number of hydrogen-bond acceptors (Lipinski definition) is 1. The summed E-state index contributed by atoms with van der Waals surface area (Å²) in [6, 6.07) is 7.80. The van der Waals surface area contributed by atoms with Crippen LogP contribution in [0, 0.1) is 11.8 Å². The van der Waals surface area contributed by atoms with Gasteiger partial charge in [0, 0.05) is 6.04 Å². The minimum absolute atomic E-state index is 0.147. The van der Waals surface area contributed by atoms with Gasteiger partial charge in [-0.15, -0.1) is 0 Å². The summed E-state index contributed by atoms with van der Waals surface area (Å²) in [5.41, 5.74) is 2.19. The zero-order valence-electron chi connectivity index (χ0n) is 12.0. The molecule has 1 fully saturated rings. The van der Waals surface area contributed by atoms with Gasteiger partial charge >= 0.3 is 6.18 Å². The molecular formula is C16H22F3N. The molecule has 1 nitrogen and oxygen atoms in total. The smallest absolute Gasteiger partial charge is 0.310 e. The Kier molecular flexibility index (Phi) is 4.74. The standard InChI is InChI=1S/C16H22F3N/c1-11(2)8-12-4-3-5-13(9-12)15-10-14(6-7-20-15)16(17,18)19/h3-5,9,11,14-15,20H,6-8,10H2,1-2H3. The molecule has 20 heavy (non-hydrogen) atoms. The van der Waals surface area contributed by atoms with Crippen molar-refractivity contribution in [3.8, 4) is 0 Å². The lowest BCUT2D eigenvalue weighted by atomic mass is 9.87. The number of halogens is 3. The van der Waals surface area contributed by atoms with Crippen molar-refractivity contribution in [3.63, 3.8) is 0 Å². The Labute approximate surface area is 118 Å². The second kappa shape index (κ2) is 6.17. The Balaban J connectivity index is 2.11. The van der Waals surface area contributed by atoms with Crippen LogP contribution in [0.4, 0.5) is 13.2 Å². The van der Waals surface area contributed by atoms with E-state index in [0.717, 1.165) is 12.0 Å². The Morgan fingerprint density at radius 1 is 1.30 bits per heavy atom. The average Bonchev–Trinajstić information content (AvgIpc) is 2.37. The summed E-state index contributed by atoms with van der Waals surface area (Å²) in [6.07, 6.45) is -2.78. The third kappa shape index (κ3) is 3.98. The van der Waals surface area contributed by atoms with Gasteiger partial charge in [0.2, 0.25) is 0 Å². The van der Waals surface area contributed by atoms with E-state index in [1.165, 1.54) is 5.56 Å². The van der Waals surface area contributed by atoms with Crippen LogP contribution in [-0.4, -0.2) is 12.7 Å². The minimum Gasteiger partial charge on any atom is -0.310 e. The predicted molar refractivity (Wildman–Crippen MR) is 74.5 cm³/mol. The Morgan fingerprint density at radius 3 is 2.70 bits per heavy atom. The molecule has 1 aromatic rings. The lowest BCUT2D eigenvalue weighted by molar-refractivity contribution is -0.183. The molecule has 0 aliphatic carbocycles. The summed E-state index contributed by atoms with van der Waals surface area (Å²) in [5, 5.41) is 3.22. The van der Waals surface area contributed by atoms with Gasteiger partial charge in [0.1, 0.15) is 0 Å². The number of nitrogens with one attached hydrogen (secondary N) is 1. The molecule has 112 valence electrons. The van der Waals surface area contributed by atoms with Crippen molar-refractivity contribution in [1.82, 2.24) is 5.32 Å². The van der Waals surface area contributed by atoms with Crippen LogP contribution < -0.4 is 5.32 Å². The molecule has 0 radical (unpaired) electrons. The maximum absolute atomic E-state index is 12.9. The third-order valence-corrected chi connectivity index (χ3v) is 3.86. The molecule has 0 bridgehead atoms. The molecule has 2 rings (SSSR count). The molecule has 0 spiro atoms. The van der Waals surface area contributed by atoms with E-state index >= 15 is 0 Å². The second-order valence-corrected chi connectivity index (χ2v) is 6.11. The van der Waals surface area contributed by atoms with Crippen LogP contribution in [0.3, 0.4) is 0 Å². The van der Waals surface area contributed by atoms with Crippen LogP contribution in [0.5, 0.6) is 0 Å². The molecular weight excluding hydrogens is 263 g/mol. The van der Waals surface area contributed by atoms with Gasteiger partial charge in [0.25, 0.3) is 0 Å². The highest BCUT2D eigenvalue weighted by atomic mass is 19.4. The largest absolute Gasteiger partial charge is 0.391 e. The van der Waals surface area contributed by atoms with Gasteiger partial charge in [-0.1, -0.05) is 38.1 Å².